The van der Waals surface area contributed by atoms with Crippen LogP contribution in [-0.4, -0.2) is 47.7 Å². The van der Waals surface area contributed by atoms with Gasteiger partial charge < -0.3 is 14.7 Å². The molecule has 1 amide bonds. The molecule has 3 atom stereocenters. The highest BCUT2D eigenvalue weighted by Crippen LogP contribution is 2.26. The first-order chi connectivity index (χ1) is 9.06. The van der Waals surface area contributed by atoms with Crippen LogP contribution in [0.4, 0.5) is 0 Å². The summed E-state index contributed by atoms with van der Waals surface area (Å²) in [4.78, 5) is 24.9. The Morgan fingerprint density at radius 1 is 1.42 bits per heavy atom. The summed E-state index contributed by atoms with van der Waals surface area (Å²) in [6.07, 6.45) is 3.90. The van der Waals surface area contributed by atoms with E-state index in [9.17, 15) is 9.59 Å². The van der Waals surface area contributed by atoms with E-state index in [4.69, 9.17) is 9.84 Å². The fourth-order valence-electron chi connectivity index (χ4n) is 3.08. The van der Waals surface area contributed by atoms with Crippen molar-refractivity contribution < 1.29 is 19.4 Å². The van der Waals surface area contributed by atoms with Crippen LogP contribution in [0.2, 0.25) is 0 Å². The summed E-state index contributed by atoms with van der Waals surface area (Å²) >= 11 is 0. The Hall–Kier alpha value is -1.10. The first-order valence-electron chi connectivity index (χ1n) is 7.18. The Morgan fingerprint density at radius 3 is 2.84 bits per heavy atom. The molecule has 0 bridgehead atoms. The van der Waals surface area contributed by atoms with Gasteiger partial charge in [0.05, 0.1) is 18.6 Å². The van der Waals surface area contributed by atoms with Crippen LogP contribution in [0.1, 0.15) is 39.0 Å². The monoisotopic (exact) mass is 269 g/mol. The quantitative estimate of drug-likeness (QED) is 0.840. The molecule has 0 aromatic rings. The number of hydrogen-bond acceptors (Lipinski definition) is 3. The van der Waals surface area contributed by atoms with E-state index in [-0.39, 0.29) is 24.3 Å². The SMILES string of the molecule is CC1CC(C(=O)N2CCCC(CCC(=O)O)C2)CO1. The number of nitrogens with zero attached hydrogens (tertiary/aromatic N) is 1. The van der Waals surface area contributed by atoms with E-state index < -0.39 is 5.97 Å². The highest BCUT2D eigenvalue weighted by atomic mass is 16.5. The second kappa shape index (κ2) is 6.37. The summed E-state index contributed by atoms with van der Waals surface area (Å²) in [5.41, 5.74) is 0. The molecule has 0 saturated carbocycles. The number of carbonyl (C=O) groups is 2. The maximum Gasteiger partial charge on any atom is 0.303 e. The normalized spacial score (nSPS) is 31.4. The lowest BCUT2D eigenvalue weighted by molar-refractivity contribution is -0.138. The molecule has 5 heteroatoms. The largest absolute Gasteiger partial charge is 0.481 e. The number of amides is 1. The van der Waals surface area contributed by atoms with Crippen molar-refractivity contribution >= 4 is 11.9 Å². The number of carboxylic acid groups (broad SMARTS) is 1. The van der Waals surface area contributed by atoms with Gasteiger partial charge in [0.15, 0.2) is 0 Å². The summed E-state index contributed by atoms with van der Waals surface area (Å²) < 4.78 is 5.46. The average molecular weight is 269 g/mol. The molecular weight excluding hydrogens is 246 g/mol. The van der Waals surface area contributed by atoms with Gasteiger partial charge >= 0.3 is 5.97 Å². The van der Waals surface area contributed by atoms with Crippen LogP contribution in [0, 0.1) is 11.8 Å². The minimum Gasteiger partial charge on any atom is -0.481 e. The first-order valence-corrected chi connectivity index (χ1v) is 7.18. The molecule has 2 fully saturated rings. The van der Waals surface area contributed by atoms with Gasteiger partial charge in [-0.2, -0.15) is 0 Å². The molecule has 2 aliphatic heterocycles. The lowest BCUT2D eigenvalue weighted by Gasteiger charge is -2.34. The number of piperidine rings is 1. The number of carboxylic acids is 1. The van der Waals surface area contributed by atoms with E-state index in [1.807, 2.05) is 11.8 Å². The second-order valence-electron chi connectivity index (χ2n) is 5.80. The highest BCUT2D eigenvalue weighted by molar-refractivity contribution is 5.79. The Bertz CT molecular complexity index is 344. The fourth-order valence-corrected chi connectivity index (χ4v) is 3.08. The molecule has 0 radical (unpaired) electrons. The topological polar surface area (TPSA) is 66.8 Å². The summed E-state index contributed by atoms with van der Waals surface area (Å²) in [5, 5.41) is 8.72. The molecular formula is C14H23NO4. The zero-order valence-electron chi connectivity index (χ0n) is 11.5. The van der Waals surface area contributed by atoms with Crippen LogP contribution in [0.15, 0.2) is 0 Å². The molecule has 2 saturated heterocycles. The number of likely N-dealkylation sites (tertiary alicyclic amines) is 1. The second-order valence-corrected chi connectivity index (χ2v) is 5.80. The fraction of sp³-hybridized carbons (Fsp3) is 0.857. The predicted octanol–water partition coefficient (Wildman–Crippen LogP) is 1.51. The van der Waals surface area contributed by atoms with Crippen LogP contribution >= 0.6 is 0 Å². The van der Waals surface area contributed by atoms with E-state index in [2.05, 4.69) is 0 Å². The van der Waals surface area contributed by atoms with Crippen molar-refractivity contribution in [2.75, 3.05) is 19.7 Å². The third-order valence-electron chi connectivity index (χ3n) is 4.14. The molecule has 108 valence electrons. The van der Waals surface area contributed by atoms with Crippen molar-refractivity contribution in [3.05, 3.63) is 0 Å². The van der Waals surface area contributed by atoms with Gasteiger partial charge in [-0.15, -0.1) is 0 Å². The molecule has 5 nitrogen and oxygen atoms in total. The predicted molar refractivity (Wildman–Crippen MR) is 69.7 cm³/mol. The number of rotatable bonds is 4. The number of hydrogen-bond donors (Lipinski definition) is 1. The molecule has 0 aliphatic carbocycles. The van der Waals surface area contributed by atoms with Crippen molar-refractivity contribution in [3.63, 3.8) is 0 Å². The molecule has 2 heterocycles. The third kappa shape index (κ3) is 3.93. The van der Waals surface area contributed by atoms with Crippen molar-refractivity contribution in [3.8, 4) is 0 Å². The number of ether oxygens (including phenoxy) is 1. The van der Waals surface area contributed by atoms with Gasteiger partial charge in [-0.05, 0) is 38.5 Å². The van der Waals surface area contributed by atoms with Gasteiger partial charge in [0.25, 0.3) is 0 Å². The minimum atomic E-state index is -0.749. The lowest BCUT2D eigenvalue weighted by atomic mass is 9.92. The van der Waals surface area contributed by atoms with E-state index in [1.165, 1.54) is 0 Å². The van der Waals surface area contributed by atoms with Gasteiger partial charge in [-0.1, -0.05) is 0 Å². The molecule has 2 aliphatic rings. The summed E-state index contributed by atoms with van der Waals surface area (Å²) in [5.74, 6) is -0.201. The van der Waals surface area contributed by atoms with Gasteiger partial charge in [-0.3, -0.25) is 9.59 Å². The first kappa shape index (κ1) is 14.3. The lowest BCUT2D eigenvalue weighted by Crippen LogP contribution is -2.43. The van der Waals surface area contributed by atoms with Crippen molar-refractivity contribution in [1.82, 2.24) is 4.90 Å². The van der Waals surface area contributed by atoms with Gasteiger partial charge in [0.1, 0.15) is 0 Å². The molecule has 3 unspecified atom stereocenters. The van der Waals surface area contributed by atoms with Crippen LogP contribution < -0.4 is 0 Å². The molecule has 0 aromatic heterocycles. The zero-order valence-corrected chi connectivity index (χ0v) is 11.5. The molecule has 1 N–H and O–H groups in total. The number of aliphatic carboxylic acids is 1. The van der Waals surface area contributed by atoms with Gasteiger partial charge in [-0.25, -0.2) is 0 Å². The van der Waals surface area contributed by atoms with E-state index in [1.54, 1.807) is 0 Å². The Balaban J connectivity index is 1.83. The molecule has 0 spiro atoms. The van der Waals surface area contributed by atoms with Crippen molar-refractivity contribution in [2.45, 2.75) is 45.1 Å². The zero-order chi connectivity index (χ0) is 13.8. The van der Waals surface area contributed by atoms with Crippen molar-refractivity contribution in [2.24, 2.45) is 11.8 Å². The Morgan fingerprint density at radius 2 is 2.21 bits per heavy atom. The van der Waals surface area contributed by atoms with E-state index in [0.717, 1.165) is 32.4 Å². The van der Waals surface area contributed by atoms with Gasteiger partial charge in [0.2, 0.25) is 5.91 Å². The molecule has 19 heavy (non-hydrogen) atoms. The van der Waals surface area contributed by atoms with Crippen molar-refractivity contribution in [1.29, 1.82) is 0 Å². The third-order valence-corrected chi connectivity index (χ3v) is 4.14. The van der Waals surface area contributed by atoms with E-state index in [0.29, 0.717) is 18.9 Å². The molecule has 0 aromatic carbocycles. The standard InChI is InChI=1S/C14H23NO4/c1-10-7-12(9-19-10)14(18)15-6-2-3-11(8-15)4-5-13(16)17/h10-12H,2-9H2,1H3,(H,16,17). The maximum absolute atomic E-state index is 12.4. The highest BCUT2D eigenvalue weighted by Gasteiger charge is 2.33. The van der Waals surface area contributed by atoms with Crippen LogP contribution in [0.5, 0.6) is 0 Å². The summed E-state index contributed by atoms with van der Waals surface area (Å²) in [7, 11) is 0. The summed E-state index contributed by atoms with van der Waals surface area (Å²) in [6, 6.07) is 0. The van der Waals surface area contributed by atoms with Crippen LogP contribution in [0.25, 0.3) is 0 Å². The maximum atomic E-state index is 12.4. The molecule has 2 rings (SSSR count). The summed E-state index contributed by atoms with van der Waals surface area (Å²) in [6.45, 7) is 4.07. The number of carbonyl (C=O) groups excluding carboxylic acids is 1. The van der Waals surface area contributed by atoms with E-state index >= 15 is 0 Å². The average Bonchev–Trinajstić information content (AvgIpc) is 2.82. The van der Waals surface area contributed by atoms with Crippen LogP contribution in [0.3, 0.4) is 0 Å². The Kier molecular flexibility index (Phi) is 4.80. The minimum absolute atomic E-state index is 0.00761. The van der Waals surface area contributed by atoms with Gasteiger partial charge in [0, 0.05) is 19.5 Å². The van der Waals surface area contributed by atoms with Crippen LogP contribution in [-0.2, 0) is 14.3 Å². The smallest absolute Gasteiger partial charge is 0.303 e. The Labute approximate surface area is 113 Å².